The van der Waals surface area contributed by atoms with Gasteiger partial charge in [-0.05, 0) is 73.6 Å². The summed E-state index contributed by atoms with van der Waals surface area (Å²) in [4.78, 5) is 14.8. The average Bonchev–Trinajstić information content (AvgIpc) is 3.28. The number of aryl methyl sites for hydroxylation is 2. The Morgan fingerprint density at radius 1 is 1.09 bits per heavy atom. The van der Waals surface area contributed by atoms with E-state index in [1.165, 1.54) is 25.0 Å². The fraction of sp³-hybridized carbons (Fsp3) is 0.500. The van der Waals surface area contributed by atoms with Crippen LogP contribution < -0.4 is 10.2 Å². The standard InChI is InChI=1S/C26H31F3N2OS/c1-17-13-22(14-18(2)25(17)30-24(32)15-19-5-3-4-6-19)31-11-12-33-23(16-31)20-7-9-21(10-8-20)26(27,28)29/h7-10,13-14,19,23H,3-6,11-12,15-16H2,1-2H3,(H,30,32). The smallest absolute Gasteiger partial charge is 0.369 e. The lowest BCUT2D eigenvalue weighted by molar-refractivity contribution is -0.137. The largest absolute Gasteiger partial charge is 0.416 e. The zero-order chi connectivity index (χ0) is 23.6. The second-order valence-electron chi connectivity index (χ2n) is 9.28. The molecular formula is C26H31F3N2OS. The highest BCUT2D eigenvalue weighted by atomic mass is 32.2. The molecule has 1 amide bonds. The summed E-state index contributed by atoms with van der Waals surface area (Å²) in [6.07, 6.45) is 1.04. The molecule has 2 aliphatic rings. The molecule has 1 N–H and O–H groups in total. The third-order valence-electron chi connectivity index (χ3n) is 6.77. The molecule has 1 saturated heterocycles. The minimum atomic E-state index is -4.31. The highest BCUT2D eigenvalue weighted by Crippen LogP contribution is 2.38. The first-order chi connectivity index (χ1) is 15.7. The van der Waals surface area contributed by atoms with Crippen molar-refractivity contribution in [3.63, 3.8) is 0 Å². The van der Waals surface area contributed by atoms with Crippen LogP contribution in [0.25, 0.3) is 0 Å². The molecule has 3 nitrogen and oxygen atoms in total. The number of benzene rings is 2. The maximum Gasteiger partial charge on any atom is 0.416 e. The lowest BCUT2D eigenvalue weighted by atomic mass is 10.0. The van der Waals surface area contributed by atoms with Crippen molar-refractivity contribution in [3.05, 3.63) is 58.7 Å². The fourth-order valence-electron chi connectivity index (χ4n) is 4.96. The van der Waals surface area contributed by atoms with Gasteiger partial charge in [-0.3, -0.25) is 4.79 Å². The molecule has 1 saturated carbocycles. The molecule has 1 atom stereocenters. The number of thioether (sulfide) groups is 1. The molecule has 0 spiro atoms. The normalized spacial score (nSPS) is 19.7. The van der Waals surface area contributed by atoms with E-state index < -0.39 is 11.7 Å². The van der Waals surface area contributed by atoms with Crippen LogP contribution in [0.2, 0.25) is 0 Å². The highest BCUT2D eigenvalue weighted by Gasteiger charge is 2.31. The number of rotatable bonds is 5. The molecular weight excluding hydrogens is 445 g/mol. The van der Waals surface area contributed by atoms with Crippen molar-refractivity contribution >= 4 is 29.0 Å². The van der Waals surface area contributed by atoms with Crippen molar-refractivity contribution < 1.29 is 18.0 Å². The highest BCUT2D eigenvalue weighted by molar-refractivity contribution is 7.99. The molecule has 1 heterocycles. The van der Waals surface area contributed by atoms with Gasteiger partial charge in [0, 0.05) is 41.9 Å². The van der Waals surface area contributed by atoms with Crippen LogP contribution >= 0.6 is 11.8 Å². The molecule has 2 aromatic carbocycles. The van der Waals surface area contributed by atoms with E-state index in [0.29, 0.717) is 12.3 Å². The van der Waals surface area contributed by atoms with E-state index in [9.17, 15) is 18.0 Å². The topological polar surface area (TPSA) is 32.3 Å². The van der Waals surface area contributed by atoms with Crippen molar-refractivity contribution in [3.8, 4) is 0 Å². The third-order valence-corrected chi connectivity index (χ3v) is 8.01. The third kappa shape index (κ3) is 5.86. The quantitative estimate of drug-likeness (QED) is 0.498. The van der Waals surface area contributed by atoms with Gasteiger partial charge in [-0.15, -0.1) is 0 Å². The van der Waals surface area contributed by atoms with Crippen molar-refractivity contribution in [2.75, 3.05) is 29.1 Å². The first kappa shape index (κ1) is 24.0. The molecule has 7 heteroatoms. The van der Waals surface area contributed by atoms with E-state index >= 15 is 0 Å². The molecule has 1 aliphatic heterocycles. The monoisotopic (exact) mass is 476 g/mol. The van der Waals surface area contributed by atoms with Crippen molar-refractivity contribution in [2.24, 2.45) is 5.92 Å². The van der Waals surface area contributed by atoms with Crippen LogP contribution in [0.4, 0.5) is 24.5 Å². The Kier molecular flexibility index (Phi) is 7.27. The summed E-state index contributed by atoms with van der Waals surface area (Å²) < 4.78 is 38.7. The molecule has 0 radical (unpaired) electrons. The molecule has 0 bridgehead atoms. The van der Waals surface area contributed by atoms with Gasteiger partial charge in [0.1, 0.15) is 0 Å². The summed E-state index contributed by atoms with van der Waals surface area (Å²) in [5, 5.41) is 3.25. The Hall–Kier alpha value is -2.15. The van der Waals surface area contributed by atoms with E-state index in [4.69, 9.17) is 0 Å². The Morgan fingerprint density at radius 2 is 1.73 bits per heavy atom. The van der Waals surface area contributed by atoms with E-state index in [0.717, 1.165) is 59.7 Å². The Labute approximate surface area is 198 Å². The first-order valence-corrected chi connectivity index (χ1v) is 12.7. The number of anilines is 2. The van der Waals surface area contributed by atoms with Gasteiger partial charge in [-0.25, -0.2) is 0 Å². The van der Waals surface area contributed by atoms with E-state index in [1.54, 1.807) is 23.9 Å². The first-order valence-electron chi connectivity index (χ1n) is 11.7. The molecule has 2 fully saturated rings. The van der Waals surface area contributed by atoms with Gasteiger partial charge < -0.3 is 10.2 Å². The zero-order valence-electron chi connectivity index (χ0n) is 19.2. The number of nitrogens with one attached hydrogen (secondary N) is 1. The van der Waals surface area contributed by atoms with Gasteiger partial charge in [0.15, 0.2) is 0 Å². The maximum absolute atomic E-state index is 12.9. The second-order valence-corrected chi connectivity index (χ2v) is 10.6. The number of hydrogen-bond donors (Lipinski definition) is 1. The number of amides is 1. The van der Waals surface area contributed by atoms with Crippen molar-refractivity contribution in [2.45, 2.75) is 57.4 Å². The van der Waals surface area contributed by atoms with Crippen LogP contribution in [0.5, 0.6) is 0 Å². The summed E-state index contributed by atoms with van der Waals surface area (Å²) in [6.45, 7) is 5.66. The summed E-state index contributed by atoms with van der Waals surface area (Å²) in [6, 6.07) is 9.77. The maximum atomic E-state index is 12.9. The number of hydrogen-bond acceptors (Lipinski definition) is 3. The van der Waals surface area contributed by atoms with Crippen LogP contribution in [0, 0.1) is 19.8 Å². The lowest BCUT2D eigenvalue weighted by Gasteiger charge is -2.35. The van der Waals surface area contributed by atoms with Gasteiger partial charge in [0.25, 0.3) is 0 Å². The number of carbonyl (C=O) groups is 1. The number of halogens is 3. The number of carbonyl (C=O) groups excluding carboxylic acids is 1. The zero-order valence-corrected chi connectivity index (χ0v) is 20.0. The van der Waals surface area contributed by atoms with Crippen LogP contribution in [0.15, 0.2) is 36.4 Å². The summed E-state index contributed by atoms with van der Waals surface area (Å²) in [7, 11) is 0. The molecule has 33 heavy (non-hydrogen) atoms. The van der Waals surface area contributed by atoms with Gasteiger partial charge >= 0.3 is 6.18 Å². The molecule has 0 aromatic heterocycles. The second kappa shape index (κ2) is 10.00. The van der Waals surface area contributed by atoms with Crippen LogP contribution in [0.1, 0.15) is 59.6 Å². The molecule has 178 valence electrons. The van der Waals surface area contributed by atoms with E-state index in [2.05, 4.69) is 22.3 Å². The minimum Gasteiger partial charge on any atom is -0.369 e. The predicted molar refractivity (Wildman–Crippen MR) is 130 cm³/mol. The molecule has 1 aliphatic carbocycles. The Morgan fingerprint density at radius 3 is 2.33 bits per heavy atom. The van der Waals surface area contributed by atoms with Gasteiger partial charge in [0.05, 0.1) is 5.56 Å². The van der Waals surface area contributed by atoms with Crippen LogP contribution in [-0.4, -0.2) is 24.7 Å². The Bertz CT molecular complexity index is 961. The summed E-state index contributed by atoms with van der Waals surface area (Å²) >= 11 is 1.78. The number of nitrogens with zero attached hydrogens (tertiary/aromatic N) is 1. The predicted octanol–water partition coefficient (Wildman–Crippen LogP) is 7.14. The van der Waals surface area contributed by atoms with Crippen molar-refractivity contribution in [1.82, 2.24) is 0 Å². The molecule has 2 aromatic rings. The van der Waals surface area contributed by atoms with E-state index in [1.807, 2.05) is 13.8 Å². The Balaban J connectivity index is 1.44. The fourth-order valence-corrected chi connectivity index (χ4v) is 6.20. The summed E-state index contributed by atoms with van der Waals surface area (Å²) in [5.41, 5.74) is 4.37. The van der Waals surface area contributed by atoms with Crippen LogP contribution in [-0.2, 0) is 11.0 Å². The lowest BCUT2D eigenvalue weighted by Crippen LogP contribution is -2.34. The average molecular weight is 477 g/mol. The molecule has 4 rings (SSSR count). The number of alkyl halides is 3. The van der Waals surface area contributed by atoms with E-state index in [-0.39, 0.29) is 11.2 Å². The molecule has 1 unspecified atom stereocenters. The minimum absolute atomic E-state index is 0.0950. The van der Waals surface area contributed by atoms with Crippen LogP contribution in [0.3, 0.4) is 0 Å². The summed E-state index contributed by atoms with van der Waals surface area (Å²) in [5.74, 6) is 1.51. The van der Waals surface area contributed by atoms with Crippen molar-refractivity contribution in [1.29, 1.82) is 0 Å². The SMILES string of the molecule is Cc1cc(N2CCSC(c3ccc(C(F)(F)F)cc3)C2)cc(C)c1NC(=O)CC1CCCC1. The van der Waals surface area contributed by atoms with Gasteiger partial charge in [0.2, 0.25) is 5.91 Å². The van der Waals surface area contributed by atoms with Gasteiger partial charge in [-0.2, -0.15) is 24.9 Å². The van der Waals surface area contributed by atoms with Gasteiger partial charge in [-0.1, -0.05) is 25.0 Å².